The topological polar surface area (TPSA) is 104 Å². The number of carbonyl (C=O) groups excluding carboxylic acids is 1. The predicted octanol–water partition coefficient (Wildman–Crippen LogP) is -0.594. The number of hydrogen-bond acceptors (Lipinski definition) is 4. The SMILES string of the molecule is CC(C)C[C@H](N)C(=O)N1CC(O)C[C@H]1C(=O)O. The molecule has 0 aromatic rings. The van der Waals surface area contributed by atoms with Gasteiger partial charge in [-0.25, -0.2) is 4.79 Å². The summed E-state index contributed by atoms with van der Waals surface area (Å²) in [5.41, 5.74) is 5.74. The minimum absolute atomic E-state index is 0.0571. The number of nitrogens with zero attached hydrogens (tertiary/aromatic N) is 1. The molecule has 0 bridgehead atoms. The molecule has 0 spiro atoms. The molecular formula is C11H20N2O4. The van der Waals surface area contributed by atoms with Crippen LogP contribution in [0.1, 0.15) is 26.7 Å². The van der Waals surface area contributed by atoms with Gasteiger partial charge < -0.3 is 20.8 Å². The van der Waals surface area contributed by atoms with Crippen molar-refractivity contribution in [2.75, 3.05) is 6.54 Å². The molecule has 98 valence electrons. The van der Waals surface area contributed by atoms with Crippen molar-refractivity contribution in [1.82, 2.24) is 4.90 Å². The predicted molar refractivity (Wildman–Crippen MR) is 61.2 cm³/mol. The zero-order chi connectivity index (χ0) is 13.2. The summed E-state index contributed by atoms with van der Waals surface area (Å²) in [6, 6.07) is -1.64. The molecule has 1 unspecified atom stereocenters. The van der Waals surface area contributed by atoms with E-state index in [1.165, 1.54) is 4.90 Å². The maximum absolute atomic E-state index is 12.0. The second kappa shape index (κ2) is 5.46. The normalized spacial score (nSPS) is 26.3. The minimum Gasteiger partial charge on any atom is -0.480 e. The lowest BCUT2D eigenvalue weighted by Gasteiger charge is -2.25. The number of likely N-dealkylation sites (tertiary alicyclic amines) is 1. The number of carbonyl (C=O) groups is 2. The molecule has 1 rings (SSSR count). The van der Waals surface area contributed by atoms with Crippen molar-refractivity contribution in [3.05, 3.63) is 0 Å². The second-order valence-electron chi connectivity index (χ2n) is 4.97. The van der Waals surface area contributed by atoms with Crippen LogP contribution in [0.25, 0.3) is 0 Å². The van der Waals surface area contributed by atoms with E-state index in [0.717, 1.165) is 0 Å². The Balaban J connectivity index is 2.70. The van der Waals surface area contributed by atoms with Gasteiger partial charge in [0, 0.05) is 13.0 Å². The molecular weight excluding hydrogens is 224 g/mol. The van der Waals surface area contributed by atoms with E-state index >= 15 is 0 Å². The Bertz CT molecular complexity index is 306. The number of aliphatic carboxylic acids is 1. The van der Waals surface area contributed by atoms with E-state index in [2.05, 4.69) is 0 Å². The average Bonchev–Trinajstić information content (AvgIpc) is 2.58. The molecule has 0 aromatic carbocycles. The summed E-state index contributed by atoms with van der Waals surface area (Å²) in [5, 5.41) is 18.4. The van der Waals surface area contributed by atoms with Crippen molar-refractivity contribution in [3.8, 4) is 0 Å². The van der Waals surface area contributed by atoms with E-state index in [0.29, 0.717) is 6.42 Å². The summed E-state index contributed by atoms with van der Waals surface area (Å²) in [5.74, 6) is -1.21. The molecule has 1 saturated heterocycles. The van der Waals surface area contributed by atoms with Gasteiger partial charge in [0.15, 0.2) is 0 Å². The van der Waals surface area contributed by atoms with Crippen LogP contribution in [-0.2, 0) is 9.59 Å². The van der Waals surface area contributed by atoms with E-state index in [4.69, 9.17) is 10.8 Å². The minimum atomic E-state index is -1.09. The Morgan fingerprint density at radius 2 is 2.06 bits per heavy atom. The lowest BCUT2D eigenvalue weighted by Crippen LogP contribution is -2.49. The quantitative estimate of drug-likeness (QED) is 0.613. The molecule has 4 N–H and O–H groups in total. The van der Waals surface area contributed by atoms with Gasteiger partial charge in [0.1, 0.15) is 6.04 Å². The maximum atomic E-state index is 12.0. The molecule has 0 radical (unpaired) electrons. The summed E-state index contributed by atoms with van der Waals surface area (Å²) in [7, 11) is 0. The van der Waals surface area contributed by atoms with Crippen LogP contribution in [0.15, 0.2) is 0 Å². The third kappa shape index (κ3) is 3.41. The Kier molecular flexibility index (Phi) is 4.47. The third-order valence-electron chi connectivity index (χ3n) is 2.89. The highest BCUT2D eigenvalue weighted by molar-refractivity contribution is 5.87. The molecule has 1 amide bonds. The fraction of sp³-hybridized carbons (Fsp3) is 0.818. The van der Waals surface area contributed by atoms with Crippen LogP contribution in [-0.4, -0.2) is 51.7 Å². The highest BCUT2D eigenvalue weighted by Gasteiger charge is 2.40. The van der Waals surface area contributed by atoms with Gasteiger partial charge in [-0.15, -0.1) is 0 Å². The number of carboxylic acids is 1. The van der Waals surface area contributed by atoms with Gasteiger partial charge in [-0.2, -0.15) is 0 Å². The number of hydrogen-bond donors (Lipinski definition) is 3. The number of amides is 1. The first-order valence-electron chi connectivity index (χ1n) is 5.79. The first kappa shape index (κ1) is 13.9. The van der Waals surface area contributed by atoms with Crippen LogP contribution in [0.4, 0.5) is 0 Å². The standard InChI is InChI=1S/C11H20N2O4/c1-6(2)3-8(12)10(15)13-5-7(14)4-9(13)11(16)17/h6-9,14H,3-5,12H2,1-2H3,(H,16,17)/t7?,8-,9-/m0/s1. The van der Waals surface area contributed by atoms with Gasteiger partial charge in [0.25, 0.3) is 0 Å². The number of rotatable bonds is 4. The van der Waals surface area contributed by atoms with Gasteiger partial charge in [0.05, 0.1) is 12.1 Å². The fourth-order valence-electron chi connectivity index (χ4n) is 2.11. The zero-order valence-electron chi connectivity index (χ0n) is 10.2. The first-order chi connectivity index (χ1) is 7.82. The van der Waals surface area contributed by atoms with Crippen LogP contribution < -0.4 is 5.73 Å². The number of aliphatic hydroxyl groups excluding tert-OH is 1. The molecule has 1 aliphatic rings. The molecule has 1 heterocycles. The summed E-state index contributed by atoms with van der Waals surface area (Å²) in [6.45, 7) is 3.95. The fourth-order valence-corrected chi connectivity index (χ4v) is 2.11. The average molecular weight is 244 g/mol. The Morgan fingerprint density at radius 1 is 1.47 bits per heavy atom. The molecule has 17 heavy (non-hydrogen) atoms. The van der Waals surface area contributed by atoms with Crippen molar-refractivity contribution in [3.63, 3.8) is 0 Å². The van der Waals surface area contributed by atoms with Gasteiger partial charge in [-0.1, -0.05) is 13.8 Å². The highest BCUT2D eigenvalue weighted by atomic mass is 16.4. The van der Waals surface area contributed by atoms with E-state index in [1.54, 1.807) is 0 Å². The number of aliphatic hydroxyl groups is 1. The monoisotopic (exact) mass is 244 g/mol. The molecule has 6 nitrogen and oxygen atoms in total. The molecule has 0 aliphatic carbocycles. The summed E-state index contributed by atoms with van der Waals surface area (Å²) in [6.07, 6.45) is -0.181. The van der Waals surface area contributed by atoms with Crippen molar-refractivity contribution >= 4 is 11.9 Å². The van der Waals surface area contributed by atoms with E-state index in [1.807, 2.05) is 13.8 Å². The van der Waals surface area contributed by atoms with Crippen LogP contribution in [0, 0.1) is 5.92 Å². The van der Waals surface area contributed by atoms with Gasteiger partial charge in [-0.3, -0.25) is 4.79 Å². The third-order valence-corrected chi connectivity index (χ3v) is 2.89. The number of nitrogens with two attached hydrogens (primary N) is 1. The van der Waals surface area contributed by atoms with Crippen LogP contribution in [0.3, 0.4) is 0 Å². The summed E-state index contributed by atoms with van der Waals surface area (Å²) < 4.78 is 0. The summed E-state index contributed by atoms with van der Waals surface area (Å²) in [4.78, 5) is 24.1. The van der Waals surface area contributed by atoms with Crippen molar-refractivity contribution in [2.45, 2.75) is 44.9 Å². The van der Waals surface area contributed by atoms with E-state index in [9.17, 15) is 14.7 Å². The van der Waals surface area contributed by atoms with E-state index < -0.39 is 24.2 Å². The van der Waals surface area contributed by atoms with Crippen LogP contribution in [0.5, 0.6) is 0 Å². The molecule has 1 aliphatic heterocycles. The smallest absolute Gasteiger partial charge is 0.326 e. The van der Waals surface area contributed by atoms with Gasteiger partial charge >= 0.3 is 5.97 Å². The molecule has 0 saturated carbocycles. The summed E-state index contributed by atoms with van der Waals surface area (Å²) >= 11 is 0. The first-order valence-corrected chi connectivity index (χ1v) is 5.79. The second-order valence-corrected chi connectivity index (χ2v) is 4.97. The van der Waals surface area contributed by atoms with Crippen molar-refractivity contribution in [1.29, 1.82) is 0 Å². The molecule has 0 aromatic heterocycles. The molecule has 3 atom stereocenters. The lowest BCUT2D eigenvalue weighted by molar-refractivity contribution is -0.148. The van der Waals surface area contributed by atoms with Gasteiger partial charge in [0.2, 0.25) is 5.91 Å². The molecule has 6 heteroatoms. The largest absolute Gasteiger partial charge is 0.480 e. The Hall–Kier alpha value is -1.14. The highest BCUT2D eigenvalue weighted by Crippen LogP contribution is 2.20. The van der Waals surface area contributed by atoms with Crippen LogP contribution >= 0.6 is 0 Å². The Labute approximate surface area is 100 Å². The van der Waals surface area contributed by atoms with E-state index in [-0.39, 0.29) is 24.8 Å². The van der Waals surface area contributed by atoms with Crippen molar-refractivity contribution < 1.29 is 19.8 Å². The van der Waals surface area contributed by atoms with Crippen molar-refractivity contribution in [2.24, 2.45) is 11.7 Å². The van der Waals surface area contributed by atoms with Gasteiger partial charge in [-0.05, 0) is 12.3 Å². The molecule has 1 fully saturated rings. The maximum Gasteiger partial charge on any atom is 0.326 e. The van der Waals surface area contributed by atoms with Crippen LogP contribution in [0.2, 0.25) is 0 Å². The lowest BCUT2D eigenvalue weighted by atomic mass is 10.0. The zero-order valence-corrected chi connectivity index (χ0v) is 10.2. The Morgan fingerprint density at radius 3 is 2.53 bits per heavy atom. The number of β-amino-alcohol motifs (C(OH)–C–C–N with tert-alkyl or cyclic N) is 1. The number of carboxylic acid groups (broad SMARTS) is 1.